The summed E-state index contributed by atoms with van der Waals surface area (Å²) < 4.78 is 2.24. The van der Waals surface area contributed by atoms with Crippen LogP contribution >= 0.6 is 11.6 Å². The number of nitrogens with zero attached hydrogens (tertiary/aromatic N) is 2. The van der Waals surface area contributed by atoms with Crippen molar-refractivity contribution in [2.24, 2.45) is 10.9 Å². The molecular weight excluding hydrogens is 328 g/mol. The van der Waals surface area contributed by atoms with E-state index in [0.717, 1.165) is 34.2 Å². The smallest absolute Gasteiger partial charge is 0.0685 e. The van der Waals surface area contributed by atoms with E-state index in [2.05, 4.69) is 67.9 Å². The highest BCUT2D eigenvalue weighted by Gasteiger charge is 2.06. The molecule has 0 saturated heterocycles. The van der Waals surface area contributed by atoms with Gasteiger partial charge in [0.15, 0.2) is 0 Å². The van der Waals surface area contributed by atoms with Gasteiger partial charge in [0.1, 0.15) is 0 Å². The van der Waals surface area contributed by atoms with Gasteiger partial charge >= 0.3 is 0 Å². The van der Waals surface area contributed by atoms with Gasteiger partial charge in [-0.3, -0.25) is 4.99 Å². The fourth-order valence-corrected chi connectivity index (χ4v) is 3.46. The normalized spacial score (nSPS) is 13.6. The van der Waals surface area contributed by atoms with Crippen molar-refractivity contribution in [2.45, 2.75) is 39.8 Å². The van der Waals surface area contributed by atoms with Crippen molar-refractivity contribution >= 4 is 22.5 Å². The molecule has 2 nitrogen and oxygen atoms in total. The number of hydrogen-bond acceptors (Lipinski definition) is 1. The molecule has 3 heteroatoms. The van der Waals surface area contributed by atoms with Crippen LogP contribution in [0.2, 0.25) is 5.02 Å². The van der Waals surface area contributed by atoms with E-state index in [1.165, 1.54) is 5.56 Å². The molecule has 0 saturated carbocycles. The standard InChI is InChI=1S/C22H25ClN2/c1-16(2)13-17(3)24-21-11-12-25(15-18-7-5-4-6-8-18)22-14-19(23)9-10-20(21)22/h4-12,14,16-17H,13,15H2,1-3H3. The minimum atomic E-state index is 0.309. The molecule has 0 fully saturated rings. The Morgan fingerprint density at radius 1 is 1.00 bits per heavy atom. The van der Waals surface area contributed by atoms with E-state index in [1.54, 1.807) is 0 Å². The van der Waals surface area contributed by atoms with E-state index < -0.39 is 0 Å². The first-order valence-electron chi connectivity index (χ1n) is 8.89. The highest BCUT2D eigenvalue weighted by Crippen LogP contribution is 2.18. The first-order valence-corrected chi connectivity index (χ1v) is 9.27. The van der Waals surface area contributed by atoms with Crippen molar-refractivity contribution < 1.29 is 0 Å². The SMILES string of the molecule is CC(C)CC(C)N=c1ccn(Cc2ccccc2)c2cc(Cl)ccc12. The summed E-state index contributed by atoms with van der Waals surface area (Å²) in [6.07, 6.45) is 3.21. The molecule has 1 aromatic heterocycles. The monoisotopic (exact) mass is 352 g/mol. The summed E-state index contributed by atoms with van der Waals surface area (Å²) in [7, 11) is 0. The van der Waals surface area contributed by atoms with Gasteiger partial charge in [-0.2, -0.15) is 0 Å². The highest BCUT2D eigenvalue weighted by molar-refractivity contribution is 6.31. The number of pyridine rings is 1. The maximum atomic E-state index is 6.28. The molecule has 0 amide bonds. The second kappa shape index (κ2) is 7.88. The second-order valence-corrected chi connectivity index (χ2v) is 7.52. The molecule has 0 N–H and O–H groups in total. The molecule has 0 spiro atoms. The van der Waals surface area contributed by atoms with E-state index in [1.807, 2.05) is 18.2 Å². The van der Waals surface area contributed by atoms with Crippen LogP contribution in [0.3, 0.4) is 0 Å². The molecule has 25 heavy (non-hydrogen) atoms. The molecule has 0 radical (unpaired) electrons. The summed E-state index contributed by atoms with van der Waals surface area (Å²) in [4.78, 5) is 4.95. The molecule has 1 heterocycles. The van der Waals surface area contributed by atoms with Crippen molar-refractivity contribution in [3.8, 4) is 0 Å². The van der Waals surface area contributed by atoms with Crippen molar-refractivity contribution in [2.75, 3.05) is 0 Å². The van der Waals surface area contributed by atoms with Gasteiger partial charge in [0.05, 0.1) is 10.9 Å². The molecule has 3 aromatic rings. The summed E-state index contributed by atoms with van der Waals surface area (Å²) in [5, 5.41) is 2.95. The van der Waals surface area contributed by atoms with Crippen LogP contribution in [0.25, 0.3) is 10.9 Å². The molecule has 1 unspecified atom stereocenters. The lowest BCUT2D eigenvalue weighted by Crippen LogP contribution is -2.14. The van der Waals surface area contributed by atoms with Crippen LogP contribution in [0.4, 0.5) is 0 Å². The lowest BCUT2D eigenvalue weighted by atomic mass is 10.1. The predicted molar refractivity (Wildman–Crippen MR) is 107 cm³/mol. The van der Waals surface area contributed by atoms with Crippen LogP contribution in [-0.2, 0) is 6.54 Å². The first kappa shape index (κ1) is 17.8. The molecule has 0 aliphatic carbocycles. The van der Waals surface area contributed by atoms with Gasteiger partial charge in [-0.15, -0.1) is 0 Å². The van der Waals surface area contributed by atoms with Crippen molar-refractivity contribution in [3.05, 3.63) is 76.7 Å². The van der Waals surface area contributed by atoms with Crippen LogP contribution < -0.4 is 5.36 Å². The zero-order valence-electron chi connectivity index (χ0n) is 15.1. The Balaban J connectivity index is 2.08. The Morgan fingerprint density at radius 3 is 2.48 bits per heavy atom. The molecule has 0 aliphatic rings. The molecular formula is C22H25ClN2. The Labute approximate surface area is 154 Å². The number of fused-ring (bicyclic) bond motifs is 1. The third-order valence-corrected chi connectivity index (χ3v) is 4.56. The minimum absolute atomic E-state index is 0.309. The first-order chi connectivity index (χ1) is 12.0. The lowest BCUT2D eigenvalue weighted by molar-refractivity contribution is 0.515. The quantitative estimate of drug-likeness (QED) is 0.562. The van der Waals surface area contributed by atoms with Crippen LogP contribution in [0.15, 0.2) is 65.8 Å². The topological polar surface area (TPSA) is 17.3 Å². The van der Waals surface area contributed by atoms with Gasteiger partial charge in [-0.1, -0.05) is 55.8 Å². The summed E-state index contributed by atoms with van der Waals surface area (Å²) in [6.45, 7) is 7.48. The predicted octanol–water partition coefficient (Wildman–Crippen LogP) is 5.68. The van der Waals surface area contributed by atoms with Crippen molar-refractivity contribution in [1.29, 1.82) is 0 Å². The van der Waals surface area contributed by atoms with Crippen LogP contribution in [0, 0.1) is 5.92 Å². The number of halogens is 1. The fraction of sp³-hybridized carbons (Fsp3) is 0.318. The molecule has 2 aromatic carbocycles. The zero-order valence-corrected chi connectivity index (χ0v) is 15.9. The van der Waals surface area contributed by atoms with Crippen molar-refractivity contribution in [3.63, 3.8) is 0 Å². The molecule has 3 rings (SSSR count). The van der Waals surface area contributed by atoms with E-state index >= 15 is 0 Å². The lowest BCUT2D eigenvalue weighted by Gasteiger charge is -2.14. The Bertz CT molecular complexity index is 910. The van der Waals surface area contributed by atoms with Gasteiger partial charge < -0.3 is 4.57 Å². The van der Waals surface area contributed by atoms with E-state index in [9.17, 15) is 0 Å². The third kappa shape index (κ3) is 4.52. The van der Waals surface area contributed by atoms with Gasteiger partial charge in [-0.05, 0) is 49.1 Å². The Morgan fingerprint density at radius 2 is 1.76 bits per heavy atom. The average Bonchev–Trinajstić information content (AvgIpc) is 2.57. The maximum Gasteiger partial charge on any atom is 0.0685 e. The van der Waals surface area contributed by atoms with Gasteiger partial charge in [0.25, 0.3) is 0 Å². The Hall–Kier alpha value is -2.06. The van der Waals surface area contributed by atoms with Gasteiger partial charge in [-0.25, -0.2) is 0 Å². The molecule has 1 atom stereocenters. The van der Waals surface area contributed by atoms with Gasteiger partial charge in [0.2, 0.25) is 0 Å². The molecule has 0 aliphatic heterocycles. The second-order valence-electron chi connectivity index (χ2n) is 7.08. The van der Waals surface area contributed by atoms with Crippen LogP contribution in [0.1, 0.15) is 32.8 Å². The molecule has 130 valence electrons. The summed E-state index contributed by atoms with van der Waals surface area (Å²) in [5.41, 5.74) is 2.39. The van der Waals surface area contributed by atoms with Crippen LogP contribution in [0.5, 0.6) is 0 Å². The number of benzene rings is 2. The molecule has 0 bridgehead atoms. The van der Waals surface area contributed by atoms with E-state index in [-0.39, 0.29) is 0 Å². The largest absolute Gasteiger partial charge is 0.343 e. The summed E-state index contributed by atoms with van der Waals surface area (Å²) in [6, 6.07) is 19.0. The number of rotatable bonds is 5. The van der Waals surface area contributed by atoms with Crippen molar-refractivity contribution in [1.82, 2.24) is 4.57 Å². The Kier molecular flexibility index (Phi) is 5.60. The highest BCUT2D eigenvalue weighted by atomic mass is 35.5. The van der Waals surface area contributed by atoms with Gasteiger partial charge in [0, 0.05) is 29.2 Å². The average molecular weight is 353 g/mol. The fourth-order valence-electron chi connectivity index (χ4n) is 3.29. The summed E-state index contributed by atoms with van der Waals surface area (Å²) in [5.74, 6) is 0.645. The van der Waals surface area contributed by atoms with E-state index in [0.29, 0.717) is 12.0 Å². The summed E-state index contributed by atoms with van der Waals surface area (Å²) >= 11 is 6.28. The number of aromatic nitrogens is 1. The van der Waals surface area contributed by atoms with E-state index in [4.69, 9.17) is 16.6 Å². The third-order valence-electron chi connectivity index (χ3n) is 4.33. The minimum Gasteiger partial charge on any atom is -0.343 e. The zero-order chi connectivity index (χ0) is 17.8. The van der Waals surface area contributed by atoms with Crippen LogP contribution in [-0.4, -0.2) is 10.6 Å². The maximum absolute atomic E-state index is 6.28. The number of hydrogen-bond donors (Lipinski definition) is 0.